The molecule has 2 aromatic rings. The molecule has 1 fully saturated rings. The first-order chi connectivity index (χ1) is 10.6. The molecule has 1 saturated carbocycles. The number of amides is 1. The summed E-state index contributed by atoms with van der Waals surface area (Å²) in [7, 11) is 0. The van der Waals surface area contributed by atoms with Gasteiger partial charge in [0.2, 0.25) is 5.91 Å². The molecular weight excluding hydrogens is 276 g/mol. The van der Waals surface area contributed by atoms with E-state index in [1.165, 1.54) is 0 Å². The molecule has 1 aromatic carbocycles. The lowest BCUT2D eigenvalue weighted by Crippen LogP contribution is -2.23. The highest BCUT2D eigenvalue weighted by Crippen LogP contribution is 2.26. The quantitative estimate of drug-likeness (QED) is 0.912. The fourth-order valence-electron chi connectivity index (χ4n) is 2.87. The van der Waals surface area contributed by atoms with Crippen LogP contribution < -0.4 is 11.1 Å². The third-order valence-corrected chi connectivity index (χ3v) is 4.05. The second kappa shape index (κ2) is 6.23. The minimum Gasteiger partial charge on any atom is -0.328 e. The highest BCUT2D eigenvalue weighted by molar-refractivity contribution is 5.93. The van der Waals surface area contributed by atoms with E-state index >= 15 is 0 Å². The van der Waals surface area contributed by atoms with Crippen molar-refractivity contribution in [1.29, 1.82) is 0 Å². The summed E-state index contributed by atoms with van der Waals surface area (Å²) in [5, 5.41) is 2.99. The first-order valence-corrected chi connectivity index (χ1v) is 7.58. The molecule has 1 amide bonds. The van der Waals surface area contributed by atoms with Crippen molar-refractivity contribution < 1.29 is 4.79 Å². The van der Waals surface area contributed by atoms with Gasteiger partial charge in [0.25, 0.3) is 0 Å². The van der Waals surface area contributed by atoms with Gasteiger partial charge in [0.15, 0.2) is 0 Å². The lowest BCUT2D eigenvalue weighted by molar-refractivity contribution is -0.119. The summed E-state index contributed by atoms with van der Waals surface area (Å²) in [5.41, 5.74) is 8.48. The molecule has 5 nitrogen and oxygen atoms in total. The molecule has 0 aliphatic heterocycles. The minimum atomic E-state index is 0.0277. The van der Waals surface area contributed by atoms with E-state index in [1.807, 2.05) is 37.3 Å². The molecule has 0 unspecified atom stereocenters. The number of carbonyl (C=O) groups is 1. The second-order valence-electron chi connectivity index (χ2n) is 5.83. The minimum absolute atomic E-state index is 0.0277. The molecular formula is C17H20N4O. The second-order valence-corrected chi connectivity index (χ2v) is 5.83. The molecule has 2 atom stereocenters. The molecule has 0 spiro atoms. The van der Waals surface area contributed by atoms with Crippen molar-refractivity contribution in [1.82, 2.24) is 9.97 Å². The monoisotopic (exact) mass is 296 g/mol. The topological polar surface area (TPSA) is 80.9 Å². The van der Waals surface area contributed by atoms with E-state index in [2.05, 4.69) is 15.3 Å². The number of nitrogens with one attached hydrogen (secondary N) is 1. The van der Waals surface area contributed by atoms with Crippen molar-refractivity contribution >= 4 is 11.6 Å². The fraction of sp³-hybridized carbons (Fsp3) is 0.353. The van der Waals surface area contributed by atoms with E-state index in [9.17, 15) is 4.79 Å². The number of nitrogens with zero attached hydrogens (tertiary/aromatic N) is 2. The summed E-state index contributed by atoms with van der Waals surface area (Å²) >= 11 is 0. The van der Waals surface area contributed by atoms with E-state index in [0.717, 1.165) is 42.0 Å². The highest BCUT2D eigenvalue weighted by Gasteiger charge is 2.27. The average molecular weight is 296 g/mol. The lowest BCUT2D eigenvalue weighted by Gasteiger charge is -2.11. The third-order valence-electron chi connectivity index (χ3n) is 4.05. The zero-order valence-corrected chi connectivity index (χ0v) is 12.6. The predicted octanol–water partition coefficient (Wildman–Crippen LogP) is 2.52. The van der Waals surface area contributed by atoms with Gasteiger partial charge >= 0.3 is 0 Å². The Kier molecular flexibility index (Phi) is 4.15. The van der Waals surface area contributed by atoms with Gasteiger partial charge in [-0.25, -0.2) is 9.97 Å². The van der Waals surface area contributed by atoms with Crippen molar-refractivity contribution in [2.24, 2.45) is 11.7 Å². The van der Waals surface area contributed by atoms with E-state index in [1.54, 1.807) is 6.20 Å². The molecule has 3 rings (SSSR count). The smallest absolute Gasteiger partial charge is 0.227 e. The Bertz CT molecular complexity index is 686. The molecule has 0 saturated heterocycles. The zero-order chi connectivity index (χ0) is 15.5. The number of aromatic nitrogens is 2. The van der Waals surface area contributed by atoms with E-state index < -0.39 is 0 Å². The molecule has 1 aliphatic carbocycles. The summed E-state index contributed by atoms with van der Waals surface area (Å²) in [6.45, 7) is 1.86. The number of anilines is 1. The number of rotatable bonds is 3. The maximum Gasteiger partial charge on any atom is 0.227 e. The molecule has 114 valence electrons. The number of carbonyl (C=O) groups excluding carboxylic acids is 1. The average Bonchev–Trinajstić information content (AvgIpc) is 2.94. The van der Waals surface area contributed by atoms with Crippen LogP contribution in [0.2, 0.25) is 0 Å². The number of hydrogen-bond acceptors (Lipinski definition) is 4. The van der Waals surface area contributed by atoms with Gasteiger partial charge in [-0.15, -0.1) is 0 Å². The molecule has 1 heterocycles. The molecule has 3 N–H and O–H groups in total. The Morgan fingerprint density at radius 3 is 2.91 bits per heavy atom. The van der Waals surface area contributed by atoms with E-state index in [4.69, 9.17) is 5.73 Å². The normalized spacial score (nSPS) is 20.8. The molecule has 5 heteroatoms. The number of nitrogens with two attached hydrogens (primary N) is 1. The van der Waals surface area contributed by atoms with Crippen LogP contribution in [0.5, 0.6) is 0 Å². The molecule has 22 heavy (non-hydrogen) atoms. The largest absolute Gasteiger partial charge is 0.328 e. The Morgan fingerprint density at radius 1 is 1.32 bits per heavy atom. The Labute approximate surface area is 130 Å². The van der Waals surface area contributed by atoms with Crippen molar-refractivity contribution in [3.63, 3.8) is 0 Å². The van der Waals surface area contributed by atoms with Crippen molar-refractivity contribution in [2.75, 3.05) is 5.32 Å². The SMILES string of the molecule is Cc1nccc(-c2cccc(NC(=O)[C@H]3CC[C@@H](N)C3)c2)n1. The highest BCUT2D eigenvalue weighted by atomic mass is 16.1. The Balaban J connectivity index is 1.75. The predicted molar refractivity (Wildman–Crippen MR) is 86.2 cm³/mol. The van der Waals surface area contributed by atoms with Crippen LogP contribution in [0.25, 0.3) is 11.3 Å². The Morgan fingerprint density at radius 2 is 2.18 bits per heavy atom. The lowest BCUT2D eigenvalue weighted by atomic mass is 10.1. The third kappa shape index (κ3) is 3.31. The first kappa shape index (κ1) is 14.7. The van der Waals surface area contributed by atoms with Gasteiger partial charge in [-0.2, -0.15) is 0 Å². The van der Waals surface area contributed by atoms with Gasteiger partial charge in [-0.1, -0.05) is 12.1 Å². The Hall–Kier alpha value is -2.27. The van der Waals surface area contributed by atoms with Gasteiger partial charge in [0.05, 0.1) is 5.69 Å². The first-order valence-electron chi connectivity index (χ1n) is 7.58. The molecule has 1 aliphatic rings. The van der Waals surface area contributed by atoms with E-state index in [-0.39, 0.29) is 17.9 Å². The summed E-state index contributed by atoms with van der Waals surface area (Å²) in [6, 6.07) is 9.75. The van der Waals surface area contributed by atoms with Gasteiger partial charge in [-0.3, -0.25) is 4.79 Å². The fourth-order valence-corrected chi connectivity index (χ4v) is 2.87. The summed E-state index contributed by atoms with van der Waals surface area (Å²) in [6.07, 6.45) is 4.32. The van der Waals surface area contributed by atoms with Crippen LogP contribution in [0.4, 0.5) is 5.69 Å². The molecule has 0 radical (unpaired) electrons. The maximum absolute atomic E-state index is 12.3. The van der Waals surface area contributed by atoms with Crippen LogP contribution in [-0.2, 0) is 4.79 Å². The maximum atomic E-state index is 12.3. The summed E-state index contributed by atoms with van der Waals surface area (Å²) in [5.74, 6) is 0.816. The molecule has 0 bridgehead atoms. The van der Waals surface area contributed by atoms with Crippen molar-refractivity contribution in [2.45, 2.75) is 32.2 Å². The van der Waals surface area contributed by atoms with Crippen LogP contribution in [0.15, 0.2) is 36.5 Å². The zero-order valence-electron chi connectivity index (χ0n) is 12.6. The standard InChI is InChI=1S/C17H20N4O/c1-11-19-8-7-16(20-11)12-3-2-4-15(10-12)21-17(22)13-5-6-14(18)9-13/h2-4,7-8,10,13-14H,5-6,9,18H2,1H3,(H,21,22)/t13-,14+/m0/s1. The van der Waals surface area contributed by atoms with Crippen LogP contribution >= 0.6 is 0 Å². The van der Waals surface area contributed by atoms with Crippen molar-refractivity contribution in [3.8, 4) is 11.3 Å². The van der Waals surface area contributed by atoms with Gasteiger partial charge in [0, 0.05) is 29.4 Å². The number of benzene rings is 1. The van der Waals surface area contributed by atoms with Crippen LogP contribution in [0.1, 0.15) is 25.1 Å². The van der Waals surface area contributed by atoms with Gasteiger partial charge < -0.3 is 11.1 Å². The van der Waals surface area contributed by atoms with Gasteiger partial charge in [0.1, 0.15) is 5.82 Å². The van der Waals surface area contributed by atoms with Crippen molar-refractivity contribution in [3.05, 3.63) is 42.4 Å². The van der Waals surface area contributed by atoms with Crippen LogP contribution in [0.3, 0.4) is 0 Å². The molecule has 1 aromatic heterocycles. The number of aryl methyl sites for hydroxylation is 1. The summed E-state index contributed by atoms with van der Waals surface area (Å²) in [4.78, 5) is 20.8. The number of hydrogen-bond donors (Lipinski definition) is 2. The van der Waals surface area contributed by atoms with E-state index in [0.29, 0.717) is 0 Å². The van der Waals surface area contributed by atoms with Gasteiger partial charge in [-0.05, 0) is 44.4 Å². The summed E-state index contributed by atoms with van der Waals surface area (Å²) < 4.78 is 0. The van der Waals surface area contributed by atoms with Crippen LogP contribution in [0, 0.1) is 12.8 Å². The van der Waals surface area contributed by atoms with Crippen LogP contribution in [-0.4, -0.2) is 21.9 Å².